The standard InChI is InChI=1S/C18H26N2O6S/c1-18(2,3)20-16(21)12-26-17(22)13-6-8-15(9-7-13)27(23,24)19-11-14-5-4-10-25-14/h6-9,14,19H,4-5,10-12H2,1-3H3,(H,20,21)/t14-/m0/s1. The van der Waals surface area contributed by atoms with Gasteiger partial charge in [0.05, 0.1) is 16.6 Å². The Labute approximate surface area is 159 Å². The third-order valence-corrected chi connectivity index (χ3v) is 5.21. The molecular weight excluding hydrogens is 372 g/mol. The quantitative estimate of drug-likeness (QED) is 0.668. The molecule has 1 aromatic rings. The molecule has 1 aliphatic heterocycles. The molecule has 0 bridgehead atoms. The van der Waals surface area contributed by atoms with Gasteiger partial charge >= 0.3 is 5.97 Å². The predicted molar refractivity (Wildman–Crippen MR) is 98.8 cm³/mol. The molecule has 0 spiro atoms. The number of carbonyl (C=O) groups excluding carboxylic acids is 2. The summed E-state index contributed by atoms with van der Waals surface area (Å²) in [7, 11) is -3.68. The van der Waals surface area contributed by atoms with Gasteiger partial charge in [0.2, 0.25) is 10.0 Å². The molecule has 1 aromatic carbocycles. The molecule has 2 rings (SSSR count). The van der Waals surface area contributed by atoms with E-state index in [-0.39, 0.29) is 23.1 Å². The fraction of sp³-hybridized carbons (Fsp3) is 0.556. The molecule has 9 heteroatoms. The zero-order valence-electron chi connectivity index (χ0n) is 15.8. The lowest BCUT2D eigenvalue weighted by molar-refractivity contribution is -0.125. The fourth-order valence-corrected chi connectivity index (χ4v) is 3.60. The van der Waals surface area contributed by atoms with Crippen molar-refractivity contribution in [3.05, 3.63) is 29.8 Å². The lowest BCUT2D eigenvalue weighted by Gasteiger charge is -2.20. The van der Waals surface area contributed by atoms with Crippen molar-refractivity contribution in [1.82, 2.24) is 10.0 Å². The van der Waals surface area contributed by atoms with Crippen LogP contribution < -0.4 is 10.0 Å². The summed E-state index contributed by atoms with van der Waals surface area (Å²) in [5.74, 6) is -1.11. The number of amides is 1. The van der Waals surface area contributed by atoms with Crippen LogP contribution in [0.15, 0.2) is 29.2 Å². The highest BCUT2D eigenvalue weighted by Gasteiger charge is 2.21. The minimum atomic E-state index is -3.68. The molecule has 0 unspecified atom stereocenters. The van der Waals surface area contributed by atoms with E-state index < -0.39 is 34.0 Å². The van der Waals surface area contributed by atoms with E-state index in [2.05, 4.69) is 10.0 Å². The predicted octanol–water partition coefficient (Wildman–Crippen LogP) is 1.22. The summed E-state index contributed by atoms with van der Waals surface area (Å²) >= 11 is 0. The van der Waals surface area contributed by atoms with Crippen LogP contribution in [0, 0.1) is 0 Å². The summed E-state index contributed by atoms with van der Waals surface area (Å²) in [6, 6.07) is 5.35. The number of benzene rings is 1. The Morgan fingerprint density at radius 1 is 1.22 bits per heavy atom. The number of carbonyl (C=O) groups is 2. The highest BCUT2D eigenvalue weighted by molar-refractivity contribution is 7.89. The van der Waals surface area contributed by atoms with Crippen LogP contribution in [0.4, 0.5) is 0 Å². The largest absolute Gasteiger partial charge is 0.452 e. The zero-order valence-corrected chi connectivity index (χ0v) is 16.6. The van der Waals surface area contributed by atoms with Gasteiger partial charge in [-0.3, -0.25) is 4.79 Å². The minimum absolute atomic E-state index is 0.0440. The van der Waals surface area contributed by atoms with Crippen LogP contribution in [0.1, 0.15) is 44.0 Å². The lowest BCUT2D eigenvalue weighted by atomic mass is 10.1. The van der Waals surface area contributed by atoms with E-state index in [1.165, 1.54) is 24.3 Å². The van der Waals surface area contributed by atoms with E-state index in [4.69, 9.17) is 9.47 Å². The molecule has 1 fully saturated rings. The third-order valence-electron chi connectivity index (χ3n) is 3.77. The number of esters is 1. The molecule has 2 N–H and O–H groups in total. The molecule has 1 saturated heterocycles. The van der Waals surface area contributed by atoms with Gasteiger partial charge in [-0.1, -0.05) is 0 Å². The Hall–Kier alpha value is -1.97. The Morgan fingerprint density at radius 2 is 1.89 bits per heavy atom. The maximum absolute atomic E-state index is 12.3. The second kappa shape index (κ2) is 8.81. The average molecular weight is 398 g/mol. The van der Waals surface area contributed by atoms with Gasteiger partial charge in [0.1, 0.15) is 0 Å². The number of sulfonamides is 1. The Morgan fingerprint density at radius 3 is 2.44 bits per heavy atom. The first-order valence-corrected chi connectivity index (χ1v) is 10.2. The van der Waals surface area contributed by atoms with Crippen LogP contribution in [0.5, 0.6) is 0 Å². The molecule has 1 heterocycles. The maximum atomic E-state index is 12.3. The summed E-state index contributed by atoms with van der Waals surface area (Å²) in [6.07, 6.45) is 1.65. The average Bonchev–Trinajstić information content (AvgIpc) is 3.10. The van der Waals surface area contributed by atoms with Crippen molar-refractivity contribution in [2.24, 2.45) is 0 Å². The highest BCUT2D eigenvalue weighted by Crippen LogP contribution is 2.14. The minimum Gasteiger partial charge on any atom is -0.452 e. The summed E-state index contributed by atoms with van der Waals surface area (Å²) < 4.78 is 37.4. The molecule has 8 nitrogen and oxygen atoms in total. The Kier molecular flexibility index (Phi) is 6.96. The van der Waals surface area contributed by atoms with Crippen LogP contribution in [0.3, 0.4) is 0 Å². The van der Waals surface area contributed by atoms with Gasteiger partial charge in [-0.2, -0.15) is 0 Å². The summed E-state index contributed by atoms with van der Waals surface area (Å²) in [4.78, 5) is 23.7. The van der Waals surface area contributed by atoms with Gasteiger partial charge in [0.25, 0.3) is 5.91 Å². The van der Waals surface area contributed by atoms with E-state index in [1.54, 1.807) is 0 Å². The van der Waals surface area contributed by atoms with Crippen LogP contribution >= 0.6 is 0 Å². The van der Waals surface area contributed by atoms with E-state index in [1.807, 2.05) is 20.8 Å². The number of rotatable bonds is 7. The first-order chi connectivity index (χ1) is 12.6. The van der Waals surface area contributed by atoms with Gasteiger partial charge in [0.15, 0.2) is 6.61 Å². The van der Waals surface area contributed by atoms with Gasteiger partial charge in [0, 0.05) is 18.7 Å². The number of nitrogens with one attached hydrogen (secondary N) is 2. The molecule has 1 aliphatic rings. The second-order valence-corrected chi connectivity index (χ2v) is 9.15. The molecular formula is C18H26N2O6S. The van der Waals surface area contributed by atoms with Gasteiger partial charge in [-0.25, -0.2) is 17.9 Å². The van der Waals surface area contributed by atoms with Crippen molar-refractivity contribution in [1.29, 1.82) is 0 Å². The molecule has 1 atom stereocenters. The summed E-state index contributed by atoms with van der Waals surface area (Å²) in [6.45, 7) is 5.92. The monoisotopic (exact) mass is 398 g/mol. The first kappa shape index (κ1) is 21.3. The number of hydrogen-bond donors (Lipinski definition) is 2. The topological polar surface area (TPSA) is 111 Å². The Bertz CT molecular complexity index is 762. The smallest absolute Gasteiger partial charge is 0.338 e. The van der Waals surface area contributed by atoms with E-state index in [9.17, 15) is 18.0 Å². The molecule has 27 heavy (non-hydrogen) atoms. The van der Waals surface area contributed by atoms with Crippen LogP contribution in [-0.4, -0.2) is 51.7 Å². The normalized spacial score (nSPS) is 17.5. The second-order valence-electron chi connectivity index (χ2n) is 7.39. The lowest BCUT2D eigenvalue weighted by Crippen LogP contribution is -2.42. The molecule has 0 aliphatic carbocycles. The van der Waals surface area contributed by atoms with Crippen LogP contribution in [-0.2, 0) is 24.3 Å². The first-order valence-electron chi connectivity index (χ1n) is 8.76. The van der Waals surface area contributed by atoms with Gasteiger partial charge < -0.3 is 14.8 Å². The van der Waals surface area contributed by atoms with E-state index in [0.717, 1.165) is 12.8 Å². The highest BCUT2D eigenvalue weighted by atomic mass is 32.2. The zero-order chi connectivity index (χ0) is 20.1. The SMILES string of the molecule is CC(C)(C)NC(=O)COC(=O)c1ccc(S(=O)(=O)NC[C@@H]2CCCO2)cc1. The van der Waals surface area contributed by atoms with Crippen molar-refractivity contribution < 1.29 is 27.5 Å². The third kappa shape index (κ3) is 6.93. The van der Waals surface area contributed by atoms with E-state index in [0.29, 0.717) is 6.61 Å². The van der Waals surface area contributed by atoms with Crippen LogP contribution in [0.25, 0.3) is 0 Å². The summed E-state index contributed by atoms with van der Waals surface area (Å²) in [5.41, 5.74) is -0.257. The van der Waals surface area contributed by atoms with Crippen molar-refractivity contribution in [2.75, 3.05) is 19.8 Å². The fourth-order valence-electron chi connectivity index (χ4n) is 2.53. The van der Waals surface area contributed by atoms with E-state index >= 15 is 0 Å². The molecule has 0 radical (unpaired) electrons. The molecule has 0 aromatic heterocycles. The van der Waals surface area contributed by atoms with Crippen molar-refractivity contribution in [2.45, 2.75) is 50.2 Å². The summed E-state index contributed by atoms with van der Waals surface area (Å²) in [5, 5.41) is 2.68. The molecule has 1 amide bonds. The Balaban J connectivity index is 1.89. The molecule has 150 valence electrons. The van der Waals surface area contributed by atoms with Gasteiger partial charge in [-0.15, -0.1) is 0 Å². The number of hydrogen-bond acceptors (Lipinski definition) is 6. The number of ether oxygens (including phenoxy) is 2. The van der Waals surface area contributed by atoms with Crippen molar-refractivity contribution in [3.8, 4) is 0 Å². The molecule has 0 saturated carbocycles. The van der Waals surface area contributed by atoms with Crippen molar-refractivity contribution in [3.63, 3.8) is 0 Å². The van der Waals surface area contributed by atoms with Crippen LogP contribution in [0.2, 0.25) is 0 Å². The van der Waals surface area contributed by atoms with Crippen molar-refractivity contribution >= 4 is 21.9 Å². The van der Waals surface area contributed by atoms with Gasteiger partial charge in [-0.05, 0) is 57.9 Å². The maximum Gasteiger partial charge on any atom is 0.338 e.